The molecule has 0 amide bonds. The summed E-state index contributed by atoms with van der Waals surface area (Å²) < 4.78 is 5.13. The second-order valence-corrected chi connectivity index (χ2v) is 10.1. The second-order valence-electron chi connectivity index (χ2n) is 5.49. The average Bonchev–Trinajstić information content (AvgIpc) is 2.31. The Morgan fingerprint density at radius 3 is 2.50 bits per heavy atom. The molecule has 0 atom stereocenters. The Kier molecular flexibility index (Phi) is 5.39. The highest BCUT2D eigenvalue weighted by Gasteiger charge is 2.15. The molecule has 0 radical (unpaired) electrons. The van der Waals surface area contributed by atoms with Crippen molar-refractivity contribution >= 4 is 10.0 Å². The average molecular weight is 270 g/mol. The summed E-state index contributed by atoms with van der Waals surface area (Å²) in [4.78, 5) is 0. The Labute approximate surface area is 113 Å². The number of ether oxygens (including phenoxy) is 1. The molecule has 0 saturated heterocycles. The molecule has 0 unspecified atom stereocenters. The Bertz CT molecular complexity index is 386. The minimum absolute atomic E-state index is 0.217. The van der Waals surface area contributed by atoms with Gasteiger partial charge in [-0.15, -0.1) is 0 Å². The molecule has 1 aromatic carbocycles. The lowest BCUT2D eigenvalue weighted by Gasteiger charge is -2.35. The van der Waals surface area contributed by atoms with Crippen LogP contribution in [0.5, 0.6) is 11.5 Å². The highest BCUT2D eigenvalue weighted by Crippen LogP contribution is 2.45. The van der Waals surface area contributed by atoms with Crippen LogP contribution < -0.4 is 4.74 Å². The molecule has 0 aliphatic carbocycles. The van der Waals surface area contributed by atoms with Crippen LogP contribution in [0.3, 0.4) is 0 Å². The Hall–Kier alpha value is -0.830. The zero-order valence-electron chi connectivity index (χ0n) is 12.2. The minimum Gasteiger partial charge on any atom is -0.504 e. The van der Waals surface area contributed by atoms with Crippen molar-refractivity contribution < 1.29 is 9.84 Å². The first kappa shape index (κ1) is 15.2. The van der Waals surface area contributed by atoms with E-state index in [0.717, 1.165) is 11.7 Å². The van der Waals surface area contributed by atoms with Crippen LogP contribution in [0, 0.1) is 0 Å². The maximum absolute atomic E-state index is 9.54. The zero-order valence-corrected chi connectivity index (χ0v) is 13.0. The van der Waals surface area contributed by atoms with Crippen molar-refractivity contribution in [3.8, 4) is 11.5 Å². The fourth-order valence-electron chi connectivity index (χ4n) is 1.76. The smallest absolute Gasteiger partial charge is 0.160 e. The van der Waals surface area contributed by atoms with E-state index in [-0.39, 0.29) is 5.75 Å². The first-order chi connectivity index (χ1) is 8.36. The maximum Gasteiger partial charge on any atom is 0.160 e. The summed E-state index contributed by atoms with van der Waals surface area (Å²) in [5.41, 5.74) is 1.24. The standard InChI is InChI=1S/C15H26O2S/c1-12(2)18(4,5)10-6-7-13-8-9-14(16)15(11-13)17-3/h8-9,11-12,16H,6-7,10H2,1-5H3. The van der Waals surface area contributed by atoms with Crippen LogP contribution in [-0.2, 0) is 6.42 Å². The summed E-state index contributed by atoms with van der Waals surface area (Å²) in [6, 6.07) is 5.64. The number of aryl methyl sites for hydroxylation is 1. The van der Waals surface area contributed by atoms with Gasteiger partial charge in [-0.05, 0) is 54.1 Å². The summed E-state index contributed by atoms with van der Waals surface area (Å²) in [5, 5.41) is 10.3. The van der Waals surface area contributed by atoms with Crippen LogP contribution in [0.15, 0.2) is 18.2 Å². The van der Waals surface area contributed by atoms with Gasteiger partial charge in [-0.2, -0.15) is 0 Å². The third-order valence-corrected chi connectivity index (χ3v) is 7.55. The quantitative estimate of drug-likeness (QED) is 0.852. The molecule has 3 heteroatoms. The SMILES string of the molecule is COc1cc(CCCS(C)(C)C(C)C)ccc1O. The fourth-order valence-corrected chi connectivity index (χ4v) is 3.12. The summed E-state index contributed by atoms with van der Waals surface area (Å²) in [5.74, 6) is 2.09. The zero-order chi connectivity index (χ0) is 13.8. The van der Waals surface area contributed by atoms with E-state index < -0.39 is 10.0 Å². The van der Waals surface area contributed by atoms with Crippen LogP contribution in [0.4, 0.5) is 0 Å². The van der Waals surface area contributed by atoms with Gasteiger partial charge in [-0.25, -0.2) is 10.0 Å². The van der Waals surface area contributed by atoms with Crippen LogP contribution in [0.1, 0.15) is 25.8 Å². The molecule has 1 aromatic rings. The van der Waals surface area contributed by atoms with Crippen LogP contribution in [0.25, 0.3) is 0 Å². The van der Waals surface area contributed by atoms with E-state index in [1.807, 2.05) is 12.1 Å². The molecule has 0 bridgehead atoms. The van der Waals surface area contributed by atoms with Crippen LogP contribution in [0.2, 0.25) is 0 Å². The number of aromatic hydroxyl groups is 1. The van der Waals surface area contributed by atoms with Crippen molar-refractivity contribution in [2.24, 2.45) is 0 Å². The summed E-state index contributed by atoms with van der Waals surface area (Å²) in [6.45, 7) is 4.64. The largest absolute Gasteiger partial charge is 0.504 e. The summed E-state index contributed by atoms with van der Waals surface area (Å²) >= 11 is 0. The van der Waals surface area contributed by atoms with Gasteiger partial charge in [-0.3, -0.25) is 0 Å². The number of phenols is 1. The van der Waals surface area contributed by atoms with E-state index in [4.69, 9.17) is 4.74 Å². The number of methoxy groups -OCH3 is 1. The minimum atomic E-state index is -0.473. The molecule has 0 saturated carbocycles. The van der Waals surface area contributed by atoms with Crippen molar-refractivity contribution in [2.45, 2.75) is 31.9 Å². The van der Waals surface area contributed by atoms with Gasteiger partial charge >= 0.3 is 0 Å². The monoisotopic (exact) mass is 270 g/mol. The molecular weight excluding hydrogens is 244 g/mol. The number of hydrogen-bond donors (Lipinski definition) is 1. The molecule has 0 aliphatic rings. The van der Waals surface area contributed by atoms with Gasteiger partial charge in [0.25, 0.3) is 0 Å². The van der Waals surface area contributed by atoms with Crippen molar-refractivity contribution in [3.63, 3.8) is 0 Å². The first-order valence-corrected chi connectivity index (χ1v) is 9.10. The fraction of sp³-hybridized carbons (Fsp3) is 0.600. The Balaban J connectivity index is 2.54. The molecule has 1 rings (SSSR count). The second kappa shape index (κ2) is 6.37. The van der Waals surface area contributed by atoms with Gasteiger partial charge in [0, 0.05) is 0 Å². The lowest BCUT2D eigenvalue weighted by Crippen LogP contribution is -2.13. The summed E-state index contributed by atoms with van der Waals surface area (Å²) in [6.07, 6.45) is 7.08. The molecule has 2 nitrogen and oxygen atoms in total. The van der Waals surface area contributed by atoms with E-state index in [2.05, 4.69) is 26.4 Å². The third kappa shape index (κ3) is 4.13. The predicted octanol–water partition coefficient (Wildman–Crippen LogP) is 3.81. The van der Waals surface area contributed by atoms with Gasteiger partial charge in [0.1, 0.15) is 0 Å². The molecular formula is C15H26O2S. The Morgan fingerprint density at radius 2 is 1.94 bits per heavy atom. The number of phenolic OH excluding ortho intramolecular Hbond substituents is 1. The van der Waals surface area contributed by atoms with E-state index in [1.165, 1.54) is 17.7 Å². The maximum atomic E-state index is 9.54. The number of benzene rings is 1. The predicted molar refractivity (Wildman–Crippen MR) is 82.4 cm³/mol. The molecule has 0 aliphatic heterocycles. The van der Waals surface area contributed by atoms with E-state index in [1.54, 1.807) is 13.2 Å². The highest BCUT2D eigenvalue weighted by molar-refractivity contribution is 8.33. The van der Waals surface area contributed by atoms with Gasteiger partial charge in [0.15, 0.2) is 11.5 Å². The number of hydrogen-bond acceptors (Lipinski definition) is 2. The lowest BCUT2D eigenvalue weighted by molar-refractivity contribution is 0.373. The molecule has 104 valence electrons. The van der Waals surface area contributed by atoms with Crippen LogP contribution in [-0.4, -0.2) is 35.7 Å². The van der Waals surface area contributed by atoms with Crippen molar-refractivity contribution in [2.75, 3.05) is 25.4 Å². The lowest BCUT2D eigenvalue weighted by atomic mass is 10.1. The van der Waals surface area contributed by atoms with Gasteiger partial charge < -0.3 is 9.84 Å². The Morgan fingerprint density at radius 1 is 1.28 bits per heavy atom. The molecule has 0 heterocycles. The molecule has 18 heavy (non-hydrogen) atoms. The van der Waals surface area contributed by atoms with Gasteiger partial charge in [-0.1, -0.05) is 19.9 Å². The first-order valence-electron chi connectivity index (χ1n) is 6.42. The number of rotatable bonds is 6. The molecule has 0 fully saturated rings. The van der Waals surface area contributed by atoms with E-state index >= 15 is 0 Å². The van der Waals surface area contributed by atoms with Gasteiger partial charge in [0.05, 0.1) is 7.11 Å². The van der Waals surface area contributed by atoms with Crippen LogP contribution >= 0.6 is 10.0 Å². The normalized spacial score (nSPS) is 12.8. The van der Waals surface area contributed by atoms with Crippen molar-refractivity contribution in [1.82, 2.24) is 0 Å². The molecule has 1 N–H and O–H groups in total. The topological polar surface area (TPSA) is 29.5 Å². The van der Waals surface area contributed by atoms with Crippen molar-refractivity contribution in [3.05, 3.63) is 23.8 Å². The van der Waals surface area contributed by atoms with E-state index in [9.17, 15) is 5.11 Å². The van der Waals surface area contributed by atoms with E-state index in [0.29, 0.717) is 5.75 Å². The molecule has 0 aromatic heterocycles. The third-order valence-electron chi connectivity index (χ3n) is 3.66. The summed E-state index contributed by atoms with van der Waals surface area (Å²) in [7, 11) is 1.12. The van der Waals surface area contributed by atoms with Gasteiger partial charge in [0.2, 0.25) is 0 Å². The molecule has 0 spiro atoms. The van der Waals surface area contributed by atoms with Crippen molar-refractivity contribution in [1.29, 1.82) is 0 Å². The highest BCUT2D eigenvalue weighted by atomic mass is 32.3.